The van der Waals surface area contributed by atoms with Gasteiger partial charge in [0.25, 0.3) is 0 Å². The van der Waals surface area contributed by atoms with Crippen molar-refractivity contribution in [2.24, 2.45) is 0 Å². The van der Waals surface area contributed by atoms with Crippen molar-refractivity contribution < 1.29 is 76.6 Å². The molecule has 0 unspecified atom stereocenters. The molecule has 0 fully saturated rings. The molecule has 0 saturated carbocycles. The molecule has 11 heteroatoms. The number of hydrogen-bond acceptors (Lipinski definition) is 5. The van der Waals surface area contributed by atoms with E-state index >= 15 is 0 Å². The molecule has 0 heterocycles. The molecule has 64 valence electrons. The molecular weight excluding hydrogens is 235 g/mol. The van der Waals surface area contributed by atoms with Crippen molar-refractivity contribution in [1.29, 1.82) is 0 Å². The van der Waals surface area contributed by atoms with Gasteiger partial charge in [0.1, 0.15) is 0 Å². The molecule has 11 heavy (non-hydrogen) atoms. The van der Waals surface area contributed by atoms with Crippen molar-refractivity contribution in [2.75, 3.05) is 0 Å². The van der Waals surface area contributed by atoms with Gasteiger partial charge in [0.2, 0.25) is 10.4 Å². The van der Waals surface area contributed by atoms with E-state index in [0.717, 1.165) is 0 Å². The van der Waals surface area contributed by atoms with Gasteiger partial charge in [0, 0.05) is 0 Å². The summed E-state index contributed by atoms with van der Waals surface area (Å²) in [6, 6.07) is 0. The summed E-state index contributed by atoms with van der Waals surface area (Å²) in [4.78, 5) is 0. The molecule has 8 nitrogen and oxygen atoms in total. The SMILES string of the molecule is O=S(=O)([O-])O.[Na+].[O]=[Cr](=[O])([OH])[OH]. The molecule has 3 N–H and O–H groups in total. The molecule has 0 saturated heterocycles. The first kappa shape index (κ1) is 17.9. The van der Waals surface area contributed by atoms with Crippen LogP contribution in [0, 0.1) is 0 Å². The molecule has 0 spiro atoms. The van der Waals surface area contributed by atoms with Crippen LogP contribution in [0.25, 0.3) is 0 Å². The molecule has 0 rings (SSSR count). The van der Waals surface area contributed by atoms with E-state index in [1.807, 2.05) is 0 Å². The zero-order valence-corrected chi connectivity index (χ0v) is 9.29. The summed E-state index contributed by atoms with van der Waals surface area (Å²) in [5.41, 5.74) is 0. The molecule has 0 aliphatic rings. The van der Waals surface area contributed by atoms with Crippen molar-refractivity contribution >= 4 is 10.4 Å². The van der Waals surface area contributed by atoms with Crippen LogP contribution in [0.3, 0.4) is 0 Å². The van der Waals surface area contributed by atoms with Crippen LogP contribution < -0.4 is 29.6 Å². The molecule has 0 atom stereocenters. The Morgan fingerprint density at radius 1 is 1.18 bits per heavy atom. The van der Waals surface area contributed by atoms with Crippen LogP contribution in [-0.2, 0) is 31.6 Å². The first-order chi connectivity index (χ1) is 4.00. The van der Waals surface area contributed by atoms with E-state index in [1.165, 1.54) is 0 Å². The summed E-state index contributed by atoms with van der Waals surface area (Å²) >= 11 is -5.25. The maximum absolute atomic E-state index is 8.82. The van der Waals surface area contributed by atoms with Crippen LogP contribution in [0.5, 0.6) is 0 Å². The Labute approximate surface area is 86.5 Å². The molecule has 0 aliphatic heterocycles. The van der Waals surface area contributed by atoms with Crippen LogP contribution in [0.2, 0.25) is 0 Å². The first-order valence-corrected chi connectivity index (χ1v) is 4.93. The van der Waals surface area contributed by atoms with E-state index in [-0.39, 0.29) is 29.6 Å². The second-order valence-electron chi connectivity index (χ2n) is 0.876. The molecule has 0 aromatic carbocycles. The summed E-state index contributed by atoms with van der Waals surface area (Å²) in [6.45, 7) is 0. The summed E-state index contributed by atoms with van der Waals surface area (Å²) in [5, 5.41) is 0. The summed E-state index contributed by atoms with van der Waals surface area (Å²) in [5.74, 6) is 0. The zero-order valence-electron chi connectivity index (χ0n) is 5.20. The normalized spacial score (nSPS) is 10.5. The topological polar surface area (TPSA) is 152 Å². The van der Waals surface area contributed by atoms with E-state index in [4.69, 9.17) is 33.4 Å². The zero-order chi connectivity index (χ0) is 9.00. The van der Waals surface area contributed by atoms with E-state index in [2.05, 4.69) is 0 Å². The Morgan fingerprint density at radius 3 is 1.18 bits per heavy atom. The third-order valence-electron chi connectivity index (χ3n) is 0. The van der Waals surface area contributed by atoms with Crippen LogP contribution >= 0.6 is 0 Å². The Morgan fingerprint density at radius 2 is 1.18 bits per heavy atom. The molecule has 0 aliphatic carbocycles. The van der Waals surface area contributed by atoms with Gasteiger partial charge < -0.3 is 4.55 Å². The standard InChI is InChI=1S/Cr.Na.H2O4S.2H2O.2O/c;;1-5(2,3)4;;;;/h;;(H2,1,2,3,4);2*1H2;;/q+2;+1;;;;;/p-3. The summed E-state index contributed by atoms with van der Waals surface area (Å²) in [7, 11) is -4.92. The van der Waals surface area contributed by atoms with E-state index < -0.39 is 24.0 Å². The van der Waals surface area contributed by atoms with E-state index in [0.29, 0.717) is 0 Å². The van der Waals surface area contributed by atoms with Gasteiger partial charge in [-0.05, 0) is 0 Å². The third kappa shape index (κ3) is 1020. The van der Waals surface area contributed by atoms with Gasteiger partial charge in [-0.3, -0.25) is 4.55 Å². The van der Waals surface area contributed by atoms with Crippen LogP contribution in [0.1, 0.15) is 0 Å². The fourth-order valence-electron chi connectivity index (χ4n) is 0. The maximum atomic E-state index is 8.82. The van der Waals surface area contributed by atoms with Crippen molar-refractivity contribution in [3.63, 3.8) is 0 Å². The second kappa shape index (κ2) is 6.44. The van der Waals surface area contributed by atoms with E-state index in [1.54, 1.807) is 0 Å². The molecule has 0 aromatic heterocycles. The van der Waals surface area contributed by atoms with Gasteiger partial charge in [-0.2, -0.15) is 0 Å². The minimum absolute atomic E-state index is 0. The Balaban J connectivity index is -0.000000107. The molecule has 0 amide bonds. The first-order valence-electron chi connectivity index (χ1n) is 1.38. The van der Waals surface area contributed by atoms with Crippen molar-refractivity contribution in [3.8, 4) is 0 Å². The monoisotopic (exact) mass is 238 g/mol. The van der Waals surface area contributed by atoms with Crippen molar-refractivity contribution in [1.82, 2.24) is 0 Å². The van der Waals surface area contributed by atoms with Gasteiger partial charge >= 0.3 is 59.1 Å². The third-order valence-corrected chi connectivity index (χ3v) is 0. The van der Waals surface area contributed by atoms with Gasteiger partial charge in [-0.25, -0.2) is 8.42 Å². The van der Waals surface area contributed by atoms with Gasteiger partial charge in [-0.15, -0.1) is 0 Å². The van der Waals surface area contributed by atoms with Crippen molar-refractivity contribution in [2.45, 2.75) is 0 Å². The molecular formula is H3CrNaO8S. The number of hydrogen-bond donors (Lipinski definition) is 3. The summed E-state index contributed by atoms with van der Waals surface area (Å²) in [6.07, 6.45) is 0. The van der Waals surface area contributed by atoms with Crippen LogP contribution in [-0.4, -0.2) is 25.8 Å². The van der Waals surface area contributed by atoms with Crippen LogP contribution in [0.15, 0.2) is 0 Å². The Hall–Kier alpha value is 0.922. The quantitative estimate of drug-likeness (QED) is 0.215. The fraction of sp³-hybridized carbons (Fsp3) is 0. The average Bonchev–Trinajstić information content (AvgIpc) is 1.12. The van der Waals surface area contributed by atoms with Gasteiger partial charge in [0.05, 0.1) is 0 Å². The van der Waals surface area contributed by atoms with Gasteiger partial charge in [-0.1, -0.05) is 0 Å². The van der Waals surface area contributed by atoms with Gasteiger partial charge in [0.15, 0.2) is 0 Å². The molecule has 0 radical (unpaired) electrons. The predicted octanol–water partition coefficient (Wildman–Crippen LogP) is -5.35. The Bertz CT molecular complexity index is 210. The predicted molar refractivity (Wildman–Crippen MR) is 18.1 cm³/mol. The average molecular weight is 238 g/mol. The van der Waals surface area contributed by atoms with Crippen LogP contribution in [0.4, 0.5) is 0 Å². The van der Waals surface area contributed by atoms with E-state index in [9.17, 15) is 0 Å². The summed E-state index contributed by atoms with van der Waals surface area (Å²) < 4.78 is 64.7. The second-order valence-corrected chi connectivity index (χ2v) is 3.13. The Kier molecular flexibility index (Phi) is 10.5. The molecule has 0 aromatic rings. The van der Waals surface area contributed by atoms with Crippen molar-refractivity contribution in [3.05, 3.63) is 0 Å². The minimum atomic E-state index is -5.25. The molecule has 0 bridgehead atoms. The fourth-order valence-corrected chi connectivity index (χ4v) is 0. The number of rotatable bonds is 0.